The van der Waals surface area contributed by atoms with Crippen molar-refractivity contribution in [1.29, 1.82) is 0 Å². The fourth-order valence-corrected chi connectivity index (χ4v) is 3.97. The van der Waals surface area contributed by atoms with Crippen LogP contribution in [0.5, 0.6) is 0 Å². The summed E-state index contributed by atoms with van der Waals surface area (Å²) in [5.74, 6) is -1.32. The highest BCUT2D eigenvalue weighted by Gasteiger charge is 2.35. The second-order valence-electron chi connectivity index (χ2n) is 6.11. The molecular formula is C19H18F3N3OS. The van der Waals surface area contributed by atoms with Gasteiger partial charge in [-0.15, -0.1) is 0 Å². The van der Waals surface area contributed by atoms with Crippen molar-refractivity contribution >= 4 is 28.4 Å². The van der Waals surface area contributed by atoms with Crippen LogP contribution in [0.4, 0.5) is 13.2 Å². The Morgan fingerprint density at radius 1 is 1.19 bits per heavy atom. The van der Waals surface area contributed by atoms with Crippen LogP contribution in [-0.4, -0.2) is 26.1 Å². The van der Waals surface area contributed by atoms with Crippen LogP contribution in [0.2, 0.25) is 0 Å². The molecule has 0 aliphatic heterocycles. The van der Waals surface area contributed by atoms with E-state index in [1.54, 1.807) is 18.2 Å². The zero-order chi connectivity index (χ0) is 19.8. The maximum Gasteiger partial charge on any atom is 0.451 e. The number of rotatable bonds is 5. The van der Waals surface area contributed by atoms with Crippen LogP contribution < -0.4 is 0 Å². The lowest BCUT2D eigenvalue weighted by Crippen LogP contribution is -2.12. The Kier molecular flexibility index (Phi) is 5.28. The molecule has 3 aromatic rings. The molecule has 142 valence electrons. The van der Waals surface area contributed by atoms with Gasteiger partial charge >= 0.3 is 6.18 Å². The van der Waals surface area contributed by atoms with Crippen molar-refractivity contribution in [2.45, 2.75) is 38.5 Å². The molecule has 8 heteroatoms. The van der Waals surface area contributed by atoms with Gasteiger partial charge < -0.3 is 4.57 Å². The molecule has 0 atom stereocenters. The van der Waals surface area contributed by atoms with E-state index in [9.17, 15) is 18.0 Å². The summed E-state index contributed by atoms with van der Waals surface area (Å²) in [6, 6.07) is 8.31. The van der Waals surface area contributed by atoms with E-state index in [1.807, 2.05) is 31.4 Å². The summed E-state index contributed by atoms with van der Waals surface area (Å²) in [5.41, 5.74) is 2.65. The van der Waals surface area contributed by atoms with Crippen molar-refractivity contribution in [1.82, 2.24) is 14.5 Å². The van der Waals surface area contributed by atoms with Gasteiger partial charge in [0, 0.05) is 28.9 Å². The number of thioether (sulfide) groups is 1. The first kappa shape index (κ1) is 19.4. The van der Waals surface area contributed by atoms with Crippen LogP contribution in [0.1, 0.15) is 34.5 Å². The molecule has 0 fully saturated rings. The molecule has 4 nitrogen and oxygen atoms in total. The van der Waals surface area contributed by atoms with E-state index >= 15 is 0 Å². The molecule has 0 radical (unpaired) electrons. The molecule has 0 N–H and O–H groups in total. The normalized spacial score (nSPS) is 11.9. The van der Waals surface area contributed by atoms with E-state index in [0.717, 1.165) is 29.7 Å². The van der Waals surface area contributed by atoms with Gasteiger partial charge in [0.05, 0.1) is 11.3 Å². The fraction of sp³-hybridized carbons (Fsp3) is 0.316. The summed E-state index contributed by atoms with van der Waals surface area (Å²) in [4.78, 5) is 19.9. The molecule has 0 spiro atoms. The third-order valence-electron chi connectivity index (χ3n) is 4.35. The molecule has 0 amide bonds. The first-order valence-electron chi connectivity index (χ1n) is 8.39. The molecule has 0 saturated carbocycles. The lowest BCUT2D eigenvalue weighted by molar-refractivity contribution is -0.145. The van der Waals surface area contributed by atoms with Gasteiger partial charge in [0.25, 0.3) is 0 Å². The monoisotopic (exact) mass is 393 g/mol. The number of fused-ring (bicyclic) bond motifs is 1. The SMILES string of the molecule is CCn1c(C)cc(C(=O)CSc2nc(C(F)(F)F)nc3ccccc23)c1C. The Balaban J connectivity index is 1.92. The number of nitrogens with zero attached hydrogens (tertiary/aromatic N) is 3. The molecule has 1 aromatic carbocycles. The number of carbonyl (C=O) groups is 1. The Labute approximate surface area is 158 Å². The summed E-state index contributed by atoms with van der Waals surface area (Å²) >= 11 is 1.00. The van der Waals surface area contributed by atoms with Crippen LogP contribution in [0.25, 0.3) is 10.9 Å². The molecular weight excluding hydrogens is 375 g/mol. The number of aromatic nitrogens is 3. The Morgan fingerprint density at radius 2 is 1.89 bits per heavy atom. The molecule has 27 heavy (non-hydrogen) atoms. The third kappa shape index (κ3) is 3.85. The number of hydrogen-bond donors (Lipinski definition) is 0. The summed E-state index contributed by atoms with van der Waals surface area (Å²) < 4.78 is 41.3. The van der Waals surface area contributed by atoms with E-state index in [-0.39, 0.29) is 22.1 Å². The van der Waals surface area contributed by atoms with Crippen LogP contribution in [0, 0.1) is 13.8 Å². The van der Waals surface area contributed by atoms with E-state index < -0.39 is 12.0 Å². The van der Waals surface area contributed by atoms with Gasteiger partial charge in [0.1, 0.15) is 5.03 Å². The summed E-state index contributed by atoms with van der Waals surface area (Å²) in [5, 5.41) is 0.660. The van der Waals surface area contributed by atoms with Gasteiger partial charge in [0.15, 0.2) is 5.78 Å². The van der Waals surface area contributed by atoms with Crippen LogP contribution in [0.15, 0.2) is 35.4 Å². The fourth-order valence-electron chi connectivity index (χ4n) is 3.07. The van der Waals surface area contributed by atoms with Crippen LogP contribution >= 0.6 is 11.8 Å². The molecule has 3 rings (SSSR count). The van der Waals surface area contributed by atoms with Gasteiger partial charge in [-0.2, -0.15) is 13.2 Å². The topological polar surface area (TPSA) is 47.8 Å². The van der Waals surface area contributed by atoms with Gasteiger partial charge in [-0.05, 0) is 32.9 Å². The molecule has 0 aliphatic carbocycles. The third-order valence-corrected chi connectivity index (χ3v) is 5.34. The van der Waals surface area contributed by atoms with Gasteiger partial charge in [-0.1, -0.05) is 30.0 Å². The van der Waals surface area contributed by atoms with Crippen molar-refractivity contribution in [2.75, 3.05) is 5.75 Å². The highest BCUT2D eigenvalue weighted by Crippen LogP contribution is 2.32. The smallest absolute Gasteiger partial charge is 0.349 e. The van der Waals surface area contributed by atoms with E-state index in [1.165, 1.54) is 6.07 Å². The highest BCUT2D eigenvalue weighted by atomic mass is 32.2. The van der Waals surface area contributed by atoms with E-state index in [2.05, 4.69) is 9.97 Å². The average Bonchev–Trinajstić information content (AvgIpc) is 2.92. The van der Waals surface area contributed by atoms with Gasteiger partial charge in [0.2, 0.25) is 5.82 Å². The van der Waals surface area contributed by atoms with Crippen LogP contribution in [0.3, 0.4) is 0 Å². The number of ketones is 1. The Hall–Kier alpha value is -2.35. The van der Waals surface area contributed by atoms with Crippen molar-refractivity contribution in [3.05, 3.63) is 53.1 Å². The number of hydrogen-bond acceptors (Lipinski definition) is 4. The Morgan fingerprint density at radius 3 is 2.52 bits per heavy atom. The van der Waals surface area contributed by atoms with E-state index in [0.29, 0.717) is 10.9 Å². The van der Waals surface area contributed by atoms with Crippen molar-refractivity contribution in [3.8, 4) is 0 Å². The van der Waals surface area contributed by atoms with Crippen LogP contribution in [-0.2, 0) is 12.7 Å². The Bertz CT molecular complexity index is 1010. The maximum atomic E-state index is 13.1. The number of Topliss-reactive ketones (excluding diaryl/α,β-unsaturated/α-hetero) is 1. The molecule has 0 aliphatic rings. The van der Waals surface area contributed by atoms with E-state index in [4.69, 9.17) is 0 Å². The summed E-state index contributed by atoms with van der Waals surface area (Å²) in [6.07, 6.45) is -4.64. The van der Waals surface area contributed by atoms with Gasteiger partial charge in [-0.25, -0.2) is 9.97 Å². The molecule has 2 heterocycles. The number of alkyl halides is 3. The first-order valence-corrected chi connectivity index (χ1v) is 9.37. The molecule has 0 saturated heterocycles. The second kappa shape index (κ2) is 7.34. The second-order valence-corrected chi connectivity index (χ2v) is 7.07. The number of carbonyl (C=O) groups excluding carboxylic acids is 1. The number of aryl methyl sites for hydroxylation is 1. The highest BCUT2D eigenvalue weighted by molar-refractivity contribution is 8.00. The number of para-hydroxylation sites is 1. The minimum Gasteiger partial charge on any atom is -0.349 e. The summed E-state index contributed by atoms with van der Waals surface area (Å²) in [7, 11) is 0. The lowest BCUT2D eigenvalue weighted by Gasteiger charge is -2.10. The zero-order valence-corrected chi connectivity index (χ0v) is 15.9. The van der Waals surface area contributed by atoms with Crippen molar-refractivity contribution in [2.24, 2.45) is 0 Å². The quantitative estimate of drug-likeness (QED) is 0.345. The number of benzene rings is 1. The average molecular weight is 393 g/mol. The zero-order valence-electron chi connectivity index (χ0n) is 15.1. The molecule has 2 aromatic heterocycles. The number of halogens is 3. The standard InChI is InChI=1S/C19H18F3N3OS/c1-4-25-11(2)9-14(12(25)3)16(26)10-27-17-13-7-5-6-8-15(13)23-18(24-17)19(20,21)22/h5-9H,4,10H2,1-3H3. The molecule has 0 unspecified atom stereocenters. The predicted octanol–water partition coefficient (Wildman–Crippen LogP) is 5.06. The van der Waals surface area contributed by atoms with Crippen molar-refractivity contribution in [3.63, 3.8) is 0 Å². The minimum absolute atomic E-state index is 0.00626. The first-order chi connectivity index (χ1) is 12.7. The van der Waals surface area contributed by atoms with Gasteiger partial charge in [-0.3, -0.25) is 4.79 Å². The van der Waals surface area contributed by atoms with Crippen molar-refractivity contribution < 1.29 is 18.0 Å². The largest absolute Gasteiger partial charge is 0.451 e. The predicted molar refractivity (Wildman–Crippen MR) is 99.2 cm³/mol. The maximum absolute atomic E-state index is 13.1. The lowest BCUT2D eigenvalue weighted by atomic mass is 10.2. The minimum atomic E-state index is -4.64. The molecule has 0 bridgehead atoms. The summed E-state index contributed by atoms with van der Waals surface area (Å²) in [6.45, 7) is 6.54.